The number of H-pyrrole nitrogens is 1. The smallest absolute Gasteiger partial charge is 0.266 e. The van der Waals surface area contributed by atoms with E-state index in [4.69, 9.17) is 23.2 Å². The van der Waals surface area contributed by atoms with Gasteiger partial charge in [0.2, 0.25) is 5.91 Å². The van der Waals surface area contributed by atoms with Crippen LogP contribution in [0, 0.1) is 19.3 Å². The molecule has 1 aliphatic rings. The van der Waals surface area contributed by atoms with Crippen molar-refractivity contribution < 1.29 is 4.79 Å². The maximum atomic E-state index is 12.2. The molecule has 0 bridgehead atoms. The number of fused-ring (bicyclic) bond motifs is 1. The van der Waals surface area contributed by atoms with Crippen LogP contribution in [0.1, 0.15) is 30.3 Å². The molecule has 0 radical (unpaired) electrons. The van der Waals surface area contributed by atoms with Crippen LogP contribution in [0.15, 0.2) is 10.9 Å². The summed E-state index contributed by atoms with van der Waals surface area (Å²) < 4.78 is 0.623. The number of nitrogens with zero attached hydrogens (tertiary/aromatic N) is 2. The van der Waals surface area contributed by atoms with Crippen LogP contribution >= 0.6 is 23.2 Å². The molecule has 22 heavy (non-hydrogen) atoms. The molecular formula is C14H16Cl2N4O2. The Balaban J connectivity index is 1.85. The summed E-state index contributed by atoms with van der Waals surface area (Å²) in [5, 5.41) is 5.54. The maximum absolute atomic E-state index is 12.2. The van der Waals surface area contributed by atoms with E-state index >= 15 is 0 Å². The van der Waals surface area contributed by atoms with Crippen LogP contribution in [0.25, 0.3) is 5.65 Å². The molecule has 3 rings (SSSR count). The van der Waals surface area contributed by atoms with Gasteiger partial charge in [-0.1, -0.05) is 0 Å². The van der Waals surface area contributed by atoms with Gasteiger partial charge in [0.15, 0.2) is 5.65 Å². The molecule has 1 saturated carbocycles. The first kappa shape index (κ1) is 15.4. The molecule has 0 spiro atoms. The van der Waals surface area contributed by atoms with E-state index in [1.165, 1.54) is 6.07 Å². The summed E-state index contributed by atoms with van der Waals surface area (Å²) in [6.07, 6.45) is 0.440. The van der Waals surface area contributed by atoms with Gasteiger partial charge in [0.1, 0.15) is 4.33 Å². The van der Waals surface area contributed by atoms with Gasteiger partial charge < -0.3 is 5.32 Å². The summed E-state index contributed by atoms with van der Waals surface area (Å²) in [5.74, 6) is -0.183. The van der Waals surface area contributed by atoms with Gasteiger partial charge >= 0.3 is 0 Å². The minimum atomic E-state index is -0.991. The molecule has 8 heteroatoms. The molecule has 6 nitrogen and oxygen atoms in total. The van der Waals surface area contributed by atoms with E-state index in [-0.39, 0.29) is 11.5 Å². The summed E-state index contributed by atoms with van der Waals surface area (Å²) in [7, 11) is 0. The number of alkyl halides is 2. The SMILES string of the molecule is Cc1nc2cc(=O)[nH]n2c(C)c1CNC(=O)C1(C)CC1(Cl)Cl. The van der Waals surface area contributed by atoms with Crippen molar-refractivity contribution in [3.05, 3.63) is 33.4 Å². The second-order valence-electron chi connectivity index (χ2n) is 5.97. The van der Waals surface area contributed by atoms with E-state index in [9.17, 15) is 9.59 Å². The van der Waals surface area contributed by atoms with Crippen molar-refractivity contribution in [2.45, 2.75) is 38.1 Å². The van der Waals surface area contributed by atoms with E-state index in [1.54, 1.807) is 11.4 Å². The van der Waals surface area contributed by atoms with Gasteiger partial charge in [-0.2, -0.15) is 0 Å². The number of halogens is 2. The summed E-state index contributed by atoms with van der Waals surface area (Å²) in [5.41, 5.74) is 2.04. The van der Waals surface area contributed by atoms with E-state index in [2.05, 4.69) is 15.4 Å². The summed E-state index contributed by atoms with van der Waals surface area (Å²) >= 11 is 12.0. The highest BCUT2D eigenvalue weighted by Gasteiger charge is 2.67. The van der Waals surface area contributed by atoms with Crippen LogP contribution in [0.4, 0.5) is 0 Å². The monoisotopic (exact) mass is 342 g/mol. The molecule has 2 heterocycles. The van der Waals surface area contributed by atoms with Crippen LogP contribution in [-0.2, 0) is 11.3 Å². The van der Waals surface area contributed by atoms with Crippen LogP contribution < -0.4 is 10.9 Å². The molecule has 2 aromatic rings. The van der Waals surface area contributed by atoms with Gasteiger partial charge in [-0.3, -0.25) is 14.7 Å². The van der Waals surface area contributed by atoms with Crippen LogP contribution in [0.3, 0.4) is 0 Å². The Kier molecular flexibility index (Phi) is 3.30. The lowest BCUT2D eigenvalue weighted by Crippen LogP contribution is -2.33. The average Bonchev–Trinajstić information content (AvgIpc) is 2.76. The highest BCUT2D eigenvalue weighted by atomic mass is 35.5. The fourth-order valence-electron chi connectivity index (χ4n) is 2.62. The minimum Gasteiger partial charge on any atom is -0.351 e. The van der Waals surface area contributed by atoms with E-state index in [0.717, 1.165) is 17.0 Å². The van der Waals surface area contributed by atoms with Gasteiger partial charge in [0.25, 0.3) is 5.56 Å². The van der Waals surface area contributed by atoms with Crippen molar-refractivity contribution in [1.29, 1.82) is 0 Å². The zero-order valence-electron chi connectivity index (χ0n) is 12.5. The van der Waals surface area contributed by atoms with Crippen molar-refractivity contribution in [1.82, 2.24) is 19.9 Å². The van der Waals surface area contributed by atoms with Crippen molar-refractivity contribution in [3.8, 4) is 0 Å². The molecule has 2 N–H and O–H groups in total. The van der Waals surface area contributed by atoms with E-state index in [1.807, 2.05) is 13.8 Å². The zero-order valence-corrected chi connectivity index (χ0v) is 14.0. The standard InChI is InChI=1S/C14H16Cl2N4O2/c1-7-9(5-17-12(22)13(3)6-14(13,15)16)8(2)20-10(18-7)4-11(21)19-20/h4H,5-6H2,1-3H3,(H,17,22)(H,19,21). The molecule has 0 aromatic carbocycles. The number of rotatable bonds is 3. The molecule has 0 saturated heterocycles. The molecule has 1 aliphatic carbocycles. The van der Waals surface area contributed by atoms with Crippen LogP contribution in [0.2, 0.25) is 0 Å². The second-order valence-corrected chi connectivity index (χ2v) is 7.46. The van der Waals surface area contributed by atoms with Crippen LogP contribution in [-0.4, -0.2) is 24.8 Å². The largest absolute Gasteiger partial charge is 0.351 e. The Morgan fingerprint density at radius 1 is 1.50 bits per heavy atom. The molecule has 1 atom stereocenters. The highest BCUT2D eigenvalue weighted by molar-refractivity contribution is 6.53. The topological polar surface area (TPSA) is 79.3 Å². The van der Waals surface area contributed by atoms with Gasteiger partial charge in [-0.05, 0) is 27.2 Å². The lowest BCUT2D eigenvalue weighted by atomic mass is 10.1. The van der Waals surface area contributed by atoms with Crippen molar-refractivity contribution in [3.63, 3.8) is 0 Å². The third kappa shape index (κ3) is 2.21. The Morgan fingerprint density at radius 2 is 2.14 bits per heavy atom. The number of aryl methyl sites for hydroxylation is 2. The Bertz CT molecular complexity index is 839. The van der Waals surface area contributed by atoms with Gasteiger partial charge in [-0.15, -0.1) is 23.2 Å². The summed E-state index contributed by atoms with van der Waals surface area (Å²) in [6.45, 7) is 5.76. The van der Waals surface area contributed by atoms with Gasteiger partial charge in [-0.25, -0.2) is 9.50 Å². The quantitative estimate of drug-likeness (QED) is 0.835. The van der Waals surface area contributed by atoms with E-state index < -0.39 is 9.75 Å². The van der Waals surface area contributed by atoms with Crippen molar-refractivity contribution >= 4 is 34.8 Å². The number of hydrogen-bond acceptors (Lipinski definition) is 3. The zero-order chi connectivity index (χ0) is 16.3. The number of aromatic nitrogens is 3. The molecular weight excluding hydrogens is 327 g/mol. The number of carbonyl (C=O) groups is 1. The van der Waals surface area contributed by atoms with Crippen LogP contribution in [0.5, 0.6) is 0 Å². The third-order valence-electron chi connectivity index (χ3n) is 4.39. The normalized spacial score (nSPS) is 22.8. The first-order valence-electron chi connectivity index (χ1n) is 6.90. The minimum absolute atomic E-state index is 0.183. The summed E-state index contributed by atoms with van der Waals surface area (Å²) in [6, 6.07) is 1.43. The molecule has 1 fully saturated rings. The predicted octanol–water partition coefficient (Wildman–Crippen LogP) is 1.84. The highest BCUT2D eigenvalue weighted by Crippen LogP contribution is 2.63. The third-order valence-corrected chi connectivity index (χ3v) is 5.49. The first-order valence-corrected chi connectivity index (χ1v) is 7.65. The average molecular weight is 343 g/mol. The number of carbonyl (C=O) groups excluding carboxylic acids is 1. The molecule has 1 unspecified atom stereocenters. The predicted molar refractivity (Wildman–Crippen MR) is 84.3 cm³/mol. The lowest BCUT2D eigenvalue weighted by molar-refractivity contribution is -0.125. The molecule has 0 aliphatic heterocycles. The molecule has 2 aromatic heterocycles. The Labute approximate surface area is 136 Å². The first-order chi connectivity index (χ1) is 10.2. The number of hydrogen-bond donors (Lipinski definition) is 2. The number of aromatic amines is 1. The Morgan fingerprint density at radius 3 is 2.73 bits per heavy atom. The molecule has 1 amide bonds. The lowest BCUT2D eigenvalue weighted by Gasteiger charge is -2.15. The fraction of sp³-hybridized carbons (Fsp3) is 0.500. The fourth-order valence-corrected chi connectivity index (χ4v) is 3.33. The summed E-state index contributed by atoms with van der Waals surface area (Å²) in [4.78, 5) is 28.0. The maximum Gasteiger partial charge on any atom is 0.266 e. The van der Waals surface area contributed by atoms with Gasteiger partial charge in [0.05, 0.1) is 5.41 Å². The van der Waals surface area contributed by atoms with E-state index in [0.29, 0.717) is 18.6 Å². The molecule has 118 valence electrons. The van der Waals surface area contributed by atoms with Crippen molar-refractivity contribution in [2.75, 3.05) is 0 Å². The van der Waals surface area contributed by atoms with Gasteiger partial charge in [0, 0.05) is 29.6 Å². The number of nitrogens with one attached hydrogen (secondary N) is 2. The number of amides is 1. The Hall–Kier alpha value is -1.53. The van der Waals surface area contributed by atoms with Crippen molar-refractivity contribution in [2.24, 2.45) is 5.41 Å². The second kappa shape index (κ2) is 4.73.